The zero-order valence-corrected chi connectivity index (χ0v) is 31.8. The largest absolute Gasteiger partial charge is 0.334 e. The third-order valence-electron chi connectivity index (χ3n) is 12.1. The summed E-state index contributed by atoms with van der Waals surface area (Å²) in [5.41, 5.74) is 10.0. The Morgan fingerprint density at radius 2 is 1.18 bits per heavy atom. The first-order valence-corrected chi connectivity index (χ1v) is 19.7. The first-order chi connectivity index (χ1) is 28.0. The van der Waals surface area contributed by atoms with Crippen LogP contribution in [-0.2, 0) is 5.41 Å². The van der Waals surface area contributed by atoms with Crippen molar-refractivity contribution in [3.8, 4) is 39.9 Å². The van der Waals surface area contributed by atoms with Crippen LogP contribution in [0.15, 0.2) is 188 Å². The molecule has 0 saturated carbocycles. The normalized spacial score (nSPS) is 16.9. The summed E-state index contributed by atoms with van der Waals surface area (Å²) in [4.78, 5) is 18.0. The highest BCUT2D eigenvalue weighted by atomic mass is 15.2. The summed E-state index contributed by atoms with van der Waals surface area (Å²) in [7, 11) is 0. The SMILES string of the molecule is CC1(C)c2cc(-c3cccc4c3c3c5ccccc5ccc3n4-c3nc(-c4ccccc4)nc(-c4ccccc4)n3)ccc2N(c2ccccc2)C2C=CC=CC21. The summed E-state index contributed by atoms with van der Waals surface area (Å²) < 4.78 is 2.24. The number of para-hydroxylation sites is 1. The fourth-order valence-corrected chi connectivity index (χ4v) is 9.36. The molecule has 5 heteroatoms. The van der Waals surface area contributed by atoms with Gasteiger partial charge in [0.25, 0.3) is 0 Å². The first kappa shape index (κ1) is 33.2. The summed E-state index contributed by atoms with van der Waals surface area (Å²) in [5.74, 6) is 2.16. The third-order valence-corrected chi connectivity index (χ3v) is 12.1. The maximum absolute atomic E-state index is 5.23. The smallest absolute Gasteiger partial charge is 0.238 e. The van der Waals surface area contributed by atoms with Gasteiger partial charge in [-0.3, -0.25) is 4.57 Å². The summed E-state index contributed by atoms with van der Waals surface area (Å²) in [6.45, 7) is 4.82. The van der Waals surface area contributed by atoms with Crippen molar-refractivity contribution in [2.24, 2.45) is 5.92 Å². The van der Waals surface area contributed by atoms with E-state index < -0.39 is 0 Å². The molecule has 2 aromatic heterocycles. The molecule has 1 aliphatic heterocycles. The molecule has 2 unspecified atom stereocenters. The van der Waals surface area contributed by atoms with Crippen LogP contribution in [0.25, 0.3) is 72.4 Å². The molecule has 3 heterocycles. The van der Waals surface area contributed by atoms with Crippen LogP contribution in [0.4, 0.5) is 11.4 Å². The Morgan fingerprint density at radius 3 is 1.91 bits per heavy atom. The lowest BCUT2D eigenvalue weighted by Crippen LogP contribution is -2.49. The van der Waals surface area contributed by atoms with Gasteiger partial charge in [0.1, 0.15) is 0 Å². The molecule has 11 rings (SSSR count). The van der Waals surface area contributed by atoms with Crippen LogP contribution in [0.2, 0.25) is 0 Å². The van der Waals surface area contributed by atoms with Crippen molar-refractivity contribution < 1.29 is 0 Å². The summed E-state index contributed by atoms with van der Waals surface area (Å²) in [6, 6.07) is 58.4. The van der Waals surface area contributed by atoms with Crippen LogP contribution in [0, 0.1) is 5.92 Å². The number of allylic oxidation sites excluding steroid dienone is 2. The quantitative estimate of drug-likeness (QED) is 0.177. The van der Waals surface area contributed by atoms with Gasteiger partial charge < -0.3 is 4.90 Å². The minimum Gasteiger partial charge on any atom is -0.334 e. The standard InChI is InChI=1S/C52H39N5/c1-52(2)41-26-14-15-27-43(41)56(38-22-10-5-11-23-38)44-31-30-37(33-42(44)52)40-25-16-28-45-48(40)47-39-24-13-12-17-34(39)29-32-46(47)57(45)51-54-49(35-18-6-3-7-19-35)53-50(55-51)36-20-8-4-9-21-36/h3-33,41,43H,1-2H3. The Morgan fingerprint density at radius 1 is 0.526 bits per heavy atom. The number of hydrogen-bond acceptors (Lipinski definition) is 4. The van der Waals surface area contributed by atoms with Crippen LogP contribution in [0.5, 0.6) is 0 Å². The summed E-state index contributed by atoms with van der Waals surface area (Å²) in [6.07, 6.45) is 9.18. The van der Waals surface area contributed by atoms with Gasteiger partial charge >= 0.3 is 0 Å². The minimum absolute atomic E-state index is 0.121. The van der Waals surface area contributed by atoms with E-state index in [0.717, 1.165) is 22.2 Å². The number of hydrogen-bond donors (Lipinski definition) is 0. The zero-order chi connectivity index (χ0) is 38.1. The second-order valence-electron chi connectivity index (χ2n) is 15.7. The molecular weight excluding hydrogens is 695 g/mol. The van der Waals surface area contributed by atoms with E-state index in [0.29, 0.717) is 23.5 Å². The van der Waals surface area contributed by atoms with Gasteiger partial charge in [-0.15, -0.1) is 0 Å². The van der Waals surface area contributed by atoms with E-state index in [2.05, 4.69) is 175 Å². The number of nitrogens with zero attached hydrogens (tertiary/aromatic N) is 5. The fraction of sp³-hybridized carbons (Fsp3) is 0.0962. The van der Waals surface area contributed by atoms with Crippen molar-refractivity contribution in [3.63, 3.8) is 0 Å². The van der Waals surface area contributed by atoms with Gasteiger partial charge in [0, 0.05) is 44.6 Å². The molecule has 0 N–H and O–H groups in total. The first-order valence-electron chi connectivity index (χ1n) is 19.7. The molecule has 272 valence electrons. The lowest BCUT2D eigenvalue weighted by Gasteiger charge is -2.51. The highest BCUT2D eigenvalue weighted by Crippen LogP contribution is 2.52. The van der Waals surface area contributed by atoms with Crippen molar-refractivity contribution in [2.45, 2.75) is 25.3 Å². The molecule has 9 aromatic rings. The highest BCUT2D eigenvalue weighted by molar-refractivity contribution is 6.25. The van der Waals surface area contributed by atoms with Crippen molar-refractivity contribution >= 4 is 44.0 Å². The summed E-state index contributed by atoms with van der Waals surface area (Å²) in [5, 5.41) is 4.75. The Kier molecular flexibility index (Phi) is 7.58. The average molecular weight is 734 g/mol. The van der Waals surface area contributed by atoms with E-state index in [1.165, 1.54) is 49.6 Å². The van der Waals surface area contributed by atoms with Crippen molar-refractivity contribution in [3.05, 3.63) is 194 Å². The Balaban J connectivity index is 1.19. The minimum atomic E-state index is -0.121. The molecule has 5 nitrogen and oxygen atoms in total. The second-order valence-corrected chi connectivity index (χ2v) is 15.7. The van der Waals surface area contributed by atoms with Gasteiger partial charge in [-0.1, -0.05) is 166 Å². The molecule has 0 saturated heterocycles. The van der Waals surface area contributed by atoms with E-state index >= 15 is 0 Å². The lowest BCUT2D eigenvalue weighted by atomic mass is 9.65. The van der Waals surface area contributed by atoms with Crippen molar-refractivity contribution in [1.82, 2.24) is 19.5 Å². The van der Waals surface area contributed by atoms with Gasteiger partial charge in [-0.05, 0) is 63.9 Å². The highest BCUT2D eigenvalue weighted by Gasteiger charge is 2.45. The van der Waals surface area contributed by atoms with E-state index in [-0.39, 0.29) is 11.5 Å². The Labute approximate surface area is 331 Å². The molecule has 0 radical (unpaired) electrons. The van der Waals surface area contributed by atoms with Crippen LogP contribution >= 0.6 is 0 Å². The fourth-order valence-electron chi connectivity index (χ4n) is 9.36. The Bertz CT molecular complexity index is 2990. The molecule has 0 amide bonds. The molecule has 0 fully saturated rings. The number of fused-ring (bicyclic) bond motifs is 7. The lowest BCUT2D eigenvalue weighted by molar-refractivity contribution is 0.332. The monoisotopic (exact) mass is 733 g/mol. The Hall–Kier alpha value is -7.11. The second kappa shape index (κ2) is 13.0. The molecule has 1 aliphatic carbocycles. The van der Waals surface area contributed by atoms with Crippen LogP contribution in [0.3, 0.4) is 0 Å². The van der Waals surface area contributed by atoms with Crippen LogP contribution in [-0.4, -0.2) is 25.6 Å². The van der Waals surface area contributed by atoms with E-state index in [1.807, 2.05) is 36.4 Å². The van der Waals surface area contributed by atoms with E-state index in [9.17, 15) is 0 Å². The molecular formula is C52H39N5. The van der Waals surface area contributed by atoms with Gasteiger partial charge in [0.05, 0.1) is 17.1 Å². The number of anilines is 2. The third kappa shape index (κ3) is 5.26. The number of rotatable bonds is 5. The molecule has 57 heavy (non-hydrogen) atoms. The molecule has 0 spiro atoms. The number of benzene rings is 7. The topological polar surface area (TPSA) is 46.8 Å². The van der Waals surface area contributed by atoms with Gasteiger partial charge in [-0.2, -0.15) is 9.97 Å². The van der Waals surface area contributed by atoms with E-state index in [1.54, 1.807) is 0 Å². The molecule has 2 atom stereocenters. The van der Waals surface area contributed by atoms with Gasteiger partial charge in [0.15, 0.2) is 11.6 Å². The predicted octanol–water partition coefficient (Wildman–Crippen LogP) is 12.7. The van der Waals surface area contributed by atoms with Crippen molar-refractivity contribution in [2.75, 3.05) is 4.90 Å². The predicted molar refractivity (Wildman–Crippen MR) is 235 cm³/mol. The molecule has 2 aliphatic rings. The molecule has 0 bridgehead atoms. The maximum atomic E-state index is 5.23. The maximum Gasteiger partial charge on any atom is 0.238 e. The zero-order valence-electron chi connectivity index (χ0n) is 31.8. The number of aromatic nitrogens is 4. The van der Waals surface area contributed by atoms with Crippen molar-refractivity contribution in [1.29, 1.82) is 0 Å². The van der Waals surface area contributed by atoms with E-state index in [4.69, 9.17) is 15.0 Å². The van der Waals surface area contributed by atoms with Gasteiger partial charge in [0.2, 0.25) is 5.95 Å². The van der Waals surface area contributed by atoms with Crippen LogP contribution < -0.4 is 4.90 Å². The van der Waals surface area contributed by atoms with Crippen LogP contribution in [0.1, 0.15) is 19.4 Å². The molecule has 7 aromatic carbocycles. The van der Waals surface area contributed by atoms with Gasteiger partial charge in [-0.25, -0.2) is 4.98 Å². The average Bonchev–Trinajstić information content (AvgIpc) is 3.63. The summed E-state index contributed by atoms with van der Waals surface area (Å²) >= 11 is 0.